The summed E-state index contributed by atoms with van der Waals surface area (Å²) in [7, 11) is -19.5. The molecule has 8 N–H and O–H groups in total. The molecule has 0 aromatic carbocycles. The fraction of sp³-hybridized carbons (Fsp3) is 0.769. The van der Waals surface area contributed by atoms with Crippen LogP contribution in [0.25, 0.3) is 0 Å². The molecule has 1 heterocycles. The van der Waals surface area contributed by atoms with Crippen LogP contribution in [0.5, 0.6) is 0 Å². The summed E-state index contributed by atoms with van der Waals surface area (Å²) in [5.74, 6) is -2.08. The predicted octanol–water partition coefficient (Wildman–Crippen LogP) is -4.59. The molecular weight excluding hydrogens is 665 g/mol. The van der Waals surface area contributed by atoms with Gasteiger partial charge in [0.1, 0.15) is 12.8 Å². The number of nitrogens with zero attached hydrogens (tertiary/aromatic N) is 3. The van der Waals surface area contributed by atoms with Crippen LogP contribution in [0.1, 0.15) is 5.69 Å². The van der Waals surface area contributed by atoms with Crippen molar-refractivity contribution in [3.63, 3.8) is 0 Å². The minimum absolute atomic E-state index is 0.00890. The van der Waals surface area contributed by atoms with Gasteiger partial charge in [0.2, 0.25) is 0 Å². The molecule has 1 aromatic rings. The highest BCUT2D eigenvalue weighted by atomic mass is 32.2. The summed E-state index contributed by atoms with van der Waals surface area (Å²) >= 11 is 0. The normalized spacial score (nSPS) is 13.4. The molecule has 240 valence electrons. The molecule has 0 saturated heterocycles. The van der Waals surface area contributed by atoms with Crippen LogP contribution in [0.15, 0.2) is 6.20 Å². The van der Waals surface area contributed by atoms with Crippen LogP contribution >= 0.6 is 7.67 Å². The van der Waals surface area contributed by atoms with Crippen LogP contribution in [0.2, 0.25) is 0 Å². The average Bonchev–Trinajstić information content (AvgIpc) is 3.17. The van der Waals surface area contributed by atoms with Crippen molar-refractivity contribution in [2.45, 2.75) is 6.61 Å². The summed E-state index contributed by atoms with van der Waals surface area (Å²) in [5, 5.41) is 25.1. The molecule has 0 saturated carbocycles. The molecule has 23 nitrogen and oxygen atoms in total. The lowest BCUT2D eigenvalue weighted by Crippen LogP contribution is -2.35. The molecule has 0 unspecified atom stereocenters. The topological polar surface area (TPSA) is 342 Å². The highest BCUT2D eigenvalue weighted by molar-refractivity contribution is 7.88. The Morgan fingerprint density at radius 3 is 1.71 bits per heavy atom. The first-order valence-electron chi connectivity index (χ1n) is 10.8. The van der Waals surface area contributed by atoms with Gasteiger partial charge in [0.15, 0.2) is 5.69 Å². The Morgan fingerprint density at radius 1 is 0.902 bits per heavy atom. The highest BCUT2D eigenvalue weighted by Gasteiger charge is 2.26. The second kappa shape index (κ2) is 15.7. The molecule has 0 spiro atoms. The van der Waals surface area contributed by atoms with Gasteiger partial charge in [-0.1, -0.05) is 4.98 Å². The van der Waals surface area contributed by atoms with Gasteiger partial charge in [-0.3, -0.25) is 17.5 Å². The SMILES string of the molecule is Cn1cc(COP(=O)(NCCOS(=O)(=O)CCNS(N)(=O)=O)NCCOS(=O)(=O)CCNS(N)(=O)=O)nc1[N+](=O)[O-]. The van der Waals surface area contributed by atoms with E-state index in [2.05, 4.69) is 23.5 Å². The number of rotatable bonds is 22. The van der Waals surface area contributed by atoms with Crippen molar-refractivity contribution in [2.75, 3.05) is 50.9 Å². The summed E-state index contributed by atoms with van der Waals surface area (Å²) in [6, 6.07) is 0. The number of hydrogen-bond donors (Lipinski definition) is 6. The third kappa shape index (κ3) is 17.1. The largest absolute Gasteiger partial charge is 0.434 e. The predicted molar refractivity (Wildman–Crippen MR) is 140 cm³/mol. The van der Waals surface area contributed by atoms with Gasteiger partial charge < -0.3 is 10.1 Å². The standard InChI is InChI=1S/C13H30N9O14PS4/c1-21-10-12(20-13(21)22(23)24)11-34-37(25,16-2-6-35-38(26,27)8-4-18-40(14,30)31)17-3-7-36-39(28,29)9-5-19-41(15,32)33/h10,18-19H,2-9,11H2,1H3,(H2,14,30,31)(H2,15,32,33)(H2,16,17,25). The van der Waals surface area contributed by atoms with Crippen molar-refractivity contribution >= 4 is 54.3 Å². The minimum Gasteiger partial charge on any atom is -0.390 e. The maximum atomic E-state index is 13.2. The number of aryl methyl sites for hydroxylation is 1. The Hall–Kier alpha value is -1.72. The Balaban J connectivity index is 2.74. The number of nitro groups is 1. The van der Waals surface area contributed by atoms with E-state index in [0.717, 1.165) is 4.57 Å². The number of imidazole rings is 1. The zero-order valence-corrected chi connectivity index (χ0v) is 25.4. The van der Waals surface area contributed by atoms with Crippen LogP contribution in [0.3, 0.4) is 0 Å². The smallest absolute Gasteiger partial charge is 0.390 e. The van der Waals surface area contributed by atoms with Crippen LogP contribution < -0.4 is 29.9 Å². The van der Waals surface area contributed by atoms with E-state index in [1.54, 1.807) is 9.44 Å². The Bertz CT molecular complexity index is 1430. The fourth-order valence-electron chi connectivity index (χ4n) is 2.52. The first-order valence-corrected chi connectivity index (χ1v) is 18.7. The molecule has 0 fully saturated rings. The quantitative estimate of drug-likeness (QED) is 0.0218. The third-order valence-corrected chi connectivity index (χ3v) is 9.59. The molecule has 0 radical (unpaired) electrons. The van der Waals surface area contributed by atoms with Crippen molar-refractivity contribution in [2.24, 2.45) is 17.3 Å². The molecule has 1 rings (SSSR count). The summed E-state index contributed by atoms with van der Waals surface area (Å²) < 4.78 is 123. The van der Waals surface area contributed by atoms with Crippen LogP contribution in [0, 0.1) is 10.1 Å². The number of aromatic nitrogens is 2. The van der Waals surface area contributed by atoms with Gasteiger partial charge in [-0.05, 0) is 4.92 Å². The van der Waals surface area contributed by atoms with E-state index in [-0.39, 0.29) is 5.69 Å². The average molecular weight is 696 g/mol. The van der Waals surface area contributed by atoms with E-state index >= 15 is 0 Å². The second-order valence-corrected chi connectivity index (χ2v) is 15.9. The lowest BCUT2D eigenvalue weighted by atomic mass is 10.5. The molecule has 41 heavy (non-hydrogen) atoms. The van der Waals surface area contributed by atoms with Gasteiger partial charge in [0, 0.05) is 26.2 Å². The molecule has 0 bridgehead atoms. The van der Waals surface area contributed by atoms with Crippen molar-refractivity contribution in [3.8, 4) is 0 Å². The van der Waals surface area contributed by atoms with Crippen LogP contribution in [0.4, 0.5) is 5.95 Å². The van der Waals surface area contributed by atoms with Crippen molar-refractivity contribution < 1.29 is 56.0 Å². The molecule has 0 atom stereocenters. The van der Waals surface area contributed by atoms with Crippen molar-refractivity contribution in [1.29, 1.82) is 0 Å². The highest BCUT2D eigenvalue weighted by Crippen LogP contribution is 2.38. The van der Waals surface area contributed by atoms with Crippen molar-refractivity contribution in [1.82, 2.24) is 29.2 Å². The fourth-order valence-corrected chi connectivity index (χ4v) is 6.55. The zero-order chi connectivity index (χ0) is 31.5. The Morgan fingerprint density at radius 2 is 1.34 bits per heavy atom. The molecule has 0 aliphatic carbocycles. The molecule has 0 aliphatic rings. The lowest BCUT2D eigenvalue weighted by Gasteiger charge is -2.20. The Labute approximate surface area is 236 Å². The molecule has 28 heteroatoms. The molecular formula is C13H30N9O14PS4. The van der Waals surface area contributed by atoms with Gasteiger partial charge >= 0.3 is 13.6 Å². The van der Waals surface area contributed by atoms with Crippen LogP contribution in [-0.2, 0) is 71.8 Å². The van der Waals surface area contributed by atoms with E-state index in [1.165, 1.54) is 13.2 Å². The summed E-state index contributed by atoms with van der Waals surface area (Å²) in [6.45, 7) is -3.78. The van der Waals surface area contributed by atoms with E-state index in [0.29, 0.717) is 0 Å². The lowest BCUT2D eigenvalue weighted by molar-refractivity contribution is -0.396. The summed E-state index contributed by atoms with van der Waals surface area (Å²) in [5.41, 5.74) is -0.00890. The Kier molecular flexibility index (Phi) is 14.3. The first-order chi connectivity index (χ1) is 18.6. The maximum Gasteiger partial charge on any atom is 0.434 e. The van der Waals surface area contributed by atoms with Gasteiger partial charge in [-0.25, -0.2) is 34.5 Å². The van der Waals surface area contributed by atoms with E-state index in [4.69, 9.17) is 14.8 Å². The number of nitrogens with one attached hydrogen (secondary N) is 4. The molecule has 0 amide bonds. The number of nitrogens with two attached hydrogens (primary N) is 2. The van der Waals surface area contributed by atoms with E-state index in [9.17, 15) is 48.4 Å². The van der Waals surface area contributed by atoms with Gasteiger partial charge in [-0.2, -0.15) is 33.7 Å². The van der Waals surface area contributed by atoms with Gasteiger partial charge in [0.05, 0.1) is 31.8 Å². The number of hydrogen-bond acceptors (Lipinski definition) is 15. The van der Waals surface area contributed by atoms with Gasteiger partial charge in [-0.15, -0.1) is 0 Å². The minimum atomic E-state index is -4.23. The summed E-state index contributed by atoms with van der Waals surface area (Å²) in [4.78, 5) is 13.9. The first kappa shape index (κ1) is 37.3. The molecule has 1 aromatic heterocycles. The third-order valence-electron chi connectivity index (χ3n) is 4.14. The zero-order valence-electron chi connectivity index (χ0n) is 21.2. The summed E-state index contributed by atoms with van der Waals surface area (Å²) in [6.07, 6.45) is 1.22. The van der Waals surface area contributed by atoms with Gasteiger partial charge in [0.25, 0.3) is 40.7 Å². The van der Waals surface area contributed by atoms with Crippen molar-refractivity contribution in [3.05, 3.63) is 22.0 Å². The van der Waals surface area contributed by atoms with Crippen LogP contribution in [-0.4, -0.2) is 99.0 Å². The maximum absolute atomic E-state index is 13.2. The van der Waals surface area contributed by atoms with E-state index in [1.807, 2.05) is 0 Å². The molecule has 0 aliphatic heterocycles. The second-order valence-electron chi connectivity index (χ2n) is 7.59. The van der Waals surface area contributed by atoms with E-state index < -0.39 is 117 Å². The monoisotopic (exact) mass is 695 g/mol.